The van der Waals surface area contributed by atoms with E-state index >= 15 is 0 Å². The van der Waals surface area contributed by atoms with E-state index in [1.807, 2.05) is 6.07 Å². The Kier molecular flexibility index (Phi) is 6.42. The van der Waals surface area contributed by atoms with E-state index < -0.39 is 10.0 Å². The lowest BCUT2D eigenvalue weighted by Gasteiger charge is -2.34. The van der Waals surface area contributed by atoms with E-state index in [4.69, 9.17) is 23.2 Å². The van der Waals surface area contributed by atoms with Crippen molar-refractivity contribution in [2.45, 2.75) is 17.7 Å². The van der Waals surface area contributed by atoms with Crippen LogP contribution in [0.25, 0.3) is 0 Å². The molecule has 0 bridgehead atoms. The highest BCUT2D eigenvalue weighted by molar-refractivity contribution is 7.89. The van der Waals surface area contributed by atoms with Gasteiger partial charge in [-0.15, -0.1) is 0 Å². The van der Waals surface area contributed by atoms with Gasteiger partial charge in [0.2, 0.25) is 15.9 Å². The van der Waals surface area contributed by atoms with Crippen LogP contribution in [0.15, 0.2) is 53.4 Å². The average Bonchev–Trinajstić information content (AvgIpc) is 2.69. The Bertz CT molecular complexity index is 912. The van der Waals surface area contributed by atoms with E-state index in [-0.39, 0.29) is 10.8 Å². The Morgan fingerprint density at radius 2 is 1.59 bits per heavy atom. The van der Waals surface area contributed by atoms with E-state index in [0.717, 1.165) is 5.56 Å². The fourth-order valence-electron chi connectivity index (χ4n) is 3.02. The predicted octanol–water partition coefficient (Wildman–Crippen LogP) is 3.46. The number of amides is 1. The van der Waals surface area contributed by atoms with Crippen molar-refractivity contribution in [1.82, 2.24) is 9.21 Å². The van der Waals surface area contributed by atoms with Crippen molar-refractivity contribution in [2.24, 2.45) is 0 Å². The van der Waals surface area contributed by atoms with Gasteiger partial charge in [0.05, 0.1) is 14.9 Å². The third kappa shape index (κ3) is 4.82. The van der Waals surface area contributed by atoms with Gasteiger partial charge in [-0.25, -0.2) is 8.42 Å². The normalized spacial score (nSPS) is 15.7. The molecule has 1 heterocycles. The number of carbonyl (C=O) groups excluding carboxylic acids is 1. The summed E-state index contributed by atoms with van der Waals surface area (Å²) in [4.78, 5) is 14.4. The zero-order valence-electron chi connectivity index (χ0n) is 14.6. The van der Waals surface area contributed by atoms with Crippen LogP contribution in [0.1, 0.15) is 12.0 Å². The van der Waals surface area contributed by atoms with E-state index in [1.54, 1.807) is 47.4 Å². The van der Waals surface area contributed by atoms with Gasteiger partial charge in [-0.2, -0.15) is 4.31 Å². The molecule has 1 amide bonds. The lowest BCUT2D eigenvalue weighted by molar-refractivity contribution is -0.132. The van der Waals surface area contributed by atoms with E-state index in [1.165, 1.54) is 4.31 Å². The van der Waals surface area contributed by atoms with Crippen molar-refractivity contribution < 1.29 is 13.2 Å². The SMILES string of the molecule is O=C(CCc1ccc(Cl)c(Cl)c1)N1CCN(S(=O)(=O)c2ccccc2)CC1. The highest BCUT2D eigenvalue weighted by Crippen LogP contribution is 2.23. The molecule has 2 aromatic carbocycles. The molecule has 1 aliphatic rings. The van der Waals surface area contributed by atoms with Crippen LogP contribution in [0.3, 0.4) is 0 Å². The molecule has 27 heavy (non-hydrogen) atoms. The summed E-state index contributed by atoms with van der Waals surface area (Å²) in [6.07, 6.45) is 0.918. The summed E-state index contributed by atoms with van der Waals surface area (Å²) in [5.41, 5.74) is 0.947. The monoisotopic (exact) mass is 426 g/mol. The van der Waals surface area contributed by atoms with E-state index in [9.17, 15) is 13.2 Å². The fraction of sp³-hybridized carbons (Fsp3) is 0.316. The minimum Gasteiger partial charge on any atom is -0.340 e. The van der Waals surface area contributed by atoms with Gasteiger partial charge < -0.3 is 4.90 Å². The van der Waals surface area contributed by atoms with Crippen LogP contribution in [-0.4, -0.2) is 49.7 Å². The molecular formula is C19H20Cl2N2O3S. The van der Waals surface area contributed by atoms with Crippen molar-refractivity contribution in [2.75, 3.05) is 26.2 Å². The first kappa shape index (κ1) is 20.1. The fourth-order valence-corrected chi connectivity index (χ4v) is 4.79. The number of benzene rings is 2. The molecule has 1 aliphatic heterocycles. The molecule has 8 heteroatoms. The van der Waals surface area contributed by atoms with Crippen molar-refractivity contribution in [3.63, 3.8) is 0 Å². The topological polar surface area (TPSA) is 57.7 Å². The third-order valence-corrected chi connectivity index (χ3v) is 7.24. The number of rotatable bonds is 5. The van der Waals surface area contributed by atoms with Gasteiger partial charge in [0, 0.05) is 32.6 Å². The summed E-state index contributed by atoms with van der Waals surface area (Å²) in [5, 5.41) is 0.962. The zero-order valence-corrected chi connectivity index (χ0v) is 17.0. The second-order valence-electron chi connectivity index (χ2n) is 6.35. The first-order valence-electron chi connectivity index (χ1n) is 8.65. The molecule has 0 radical (unpaired) electrons. The summed E-state index contributed by atoms with van der Waals surface area (Å²) in [6.45, 7) is 1.39. The van der Waals surface area contributed by atoms with Crippen molar-refractivity contribution in [1.29, 1.82) is 0 Å². The number of carbonyl (C=O) groups is 1. The second kappa shape index (κ2) is 8.61. The molecule has 1 fully saturated rings. The Balaban J connectivity index is 1.54. The summed E-state index contributed by atoms with van der Waals surface area (Å²) in [5.74, 6) is 0.0119. The molecule has 0 saturated carbocycles. The molecule has 2 aromatic rings. The lowest BCUT2D eigenvalue weighted by atomic mass is 10.1. The molecule has 0 N–H and O–H groups in total. The van der Waals surface area contributed by atoms with E-state index in [0.29, 0.717) is 49.1 Å². The summed E-state index contributed by atoms with van der Waals surface area (Å²) >= 11 is 11.9. The van der Waals surface area contributed by atoms with Gasteiger partial charge in [-0.1, -0.05) is 47.5 Å². The maximum absolute atomic E-state index is 12.6. The third-order valence-electron chi connectivity index (χ3n) is 4.58. The molecule has 1 saturated heterocycles. The van der Waals surface area contributed by atoms with Crippen LogP contribution in [0.2, 0.25) is 10.0 Å². The van der Waals surface area contributed by atoms with Gasteiger partial charge in [0.15, 0.2) is 0 Å². The lowest BCUT2D eigenvalue weighted by Crippen LogP contribution is -2.50. The number of nitrogens with zero attached hydrogens (tertiary/aromatic N) is 2. The molecular weight excluding hydrogens is 407 g/mol. The maximum atomic E-state index is 12.6. The minimum atomic E-state index is -3.51. The molecule has 0 unspecified atom stereocenters. The maximum Gasteiger partial charge on any atom is 0.243 e. The van der Waals surface area contributed by atoms with E-state index in [2.05, 4.69) is 0 Å². The van der Waals surface area contributed by atoms with Crippen molar-refractivity contribution in [3.8, 4) is 0 Å². The predicted molar refractivity (Wildman–Crippen MR) is 107 cm³/mol. The number of halogens is 2. The molecule has 0 spiro atoms. The van der Waals surface area contributed by atoms with Crippen LogP contribution < -0.4 is 0 Å². The quantitative estimate of drug-likeness (QED) is 0.735. The number of sulfonamides is 1. The van der Waals surface area contributed by atoms with Crippen LogP contribution in [0.4, 0.5) is 0 Å². The van der Waals surface area contributed by atoms with Gasteiger partial charge in [0.1, 0.15) is 0 Å². The molecule has 0 aromatic heterocycles. The summed E-state index contributed by atoms with van der Waals surface area (Å²) < 4.78 is 26.7. The second-order valence-corrected chi connectivity index (χ2v) is 9.10. The molecule has 3 rings (SSSR count). The Labute approximate surface area is 169 Å². The smallest absolute Gasteiger partial charge is 0.243 e. The molecule has 0 aliphatic carbocycles. The van der Waals surface area contributed by atoms with Gasteiger partial charge in [-0.05, 0) is 36.2 Å². The van der Waals surface area contributed by atoms with Crippen LogP contribution in [0.5, 0.6) is 0 Å². The highest BCUT2D eigenvalue weighted by atomic mass is 35.5. The summed E-state index contributed by atoms with van der Waals surface area (Å²) in [7, 11) is -3.51. The number of hydrogen-bond donors (Lipinski definition) is 0. The van der Waals surface area contributed by atoms with Crippen LogP contribution in [-0.2, 0) is 21.2 Å². The summed E-state index contributed by atoms with van der Waals surface area (Å²) in [6, 6.07) is 13.7. The average molecular weight is 427 g/mol. The van der Waals surface area contributed by atoms with Gasteiger partial charge >= 0.3 is 0 Å². The zero-order chi connectivity index (χ0) is 19.4. The standard InChI is InChI=1S/C19H20Cl2N2O3S/c20-17-8-6-15(14-18(17)21)7-9-19(24)22-10-12-23(13-11-22)27(25,26)16-4-2-1-3-5-16/h1-6,8,14H,7,9-13H2. The van der Waals surface area contributed by atoms with Crippen molar-refractivity contribution >= 4 is 39.1 Å². The first-order chi connectivity index (χ1) is 12.9. The number of aryl methyl sites for hydroxylation is 1. The number of hydrogen-bond acceptors (Lipinski definition) is 3. The largest absolute Gasteiger partial charge is 0.340 e. The Morgan fingerprint density at radius 1 is 0.926 bits per heavy atom. The van der Waals surface area contributed by atoms with Crippen molar-refractivity contribution in [3.05, 3.63) is 64.1 Å². The first-order valence-corrected chi connectivity index (χ1v) is 10.8. The minimum absolute atomic E-state index is 0.0119. The Hall–Kier alpha value is -1.60. The highest BCUT2D eigenvalue weighted by Gasteiger charge is 2.29. The van der Waals surface area contributed by atoms with Gasteiger partial charge in [-0.3, -0.25) is 4.79 Å². The van der Waals surface area contributed by atoms with Crippen LogP contribution in [0, 0.1) is 0 Å². The molecule has 0 atom stereocenters. The van der Waals surface area contributed by atoms with Crippen LogP contribution >= 0.6 is 23.2 Å². The molecule has 5 nitrogen and oxygen atoms in total. The Morgan fingerprint density at radius 3 is 2.22 bits per heavy atom. The number of piperazine rings is 1. The van der Waals surface area contributed by atoms with Gasteiger partial charge in [0.25, 0.3) is 0 Å². The molecule has 144 valence electrons.